The topological polar surface area (TPSA) is 85.5 Å². The lowest BCUT2D eigenvalue weighted by molar-refractivity contribution is 0.302. The standard InChI is InChI=1S/C17H22BrN3O4/c1-4-8-25-17-15(14(18)16(22)20-21-17)19-10-11-6-7-12(23-3)13(9-11)24-5-2/h6-7,9H,4-5,8,10H2,1-3H3,(H2,19,20,22). The molecule has 1 aromatic heterocycles. The number of aromatic nitrogens is 2. The highest BCUT2D eigenvalue weighted by Gasteiger charge is 2.14. The fraction of sp³-hybridized carbons (Fsp3) is 0.412. The van der Waals surface area contributed by atoms with E-state index in [2.05, 4.69) is 31.4 Å². The number of nitrogens with one attached hydrogen (secondary N) is 2. The normalized spacial score (nSPS) is 10.4. The molecule has 1 heterocycles. The van der Waals surface area contributed by atoms with Crippen LogP contribution in [-0.2, 0) is 6.54 Å². The van der Waals surface area contributed by atoms with Gasteiger partial charge in [-0.05, 0) is 47.0 Å². The van der Waals surface area contributed by atoms with E-state index in [0.29, 0.717) is 47.3 Å². The van der Waals surface area contributed by atoms with Crippen LogP contribution in [0.1, 0.15) is 25.8 Å². The minimum atomic E-state index is -0.323. The summed E-state index contributed by atoms with van der Waals surface area (Å²) in [5, 5.41) is 9.57. The van der Waals surface area contributed by atoms with Crippen LogP contribution in [0.25, 0.3) is 0 Å². The van der Waals surface area contributed by atoms with E-state index < -0.39 is 0 Å². The van der Waals surface area contributed by atoms with Gasteiger partial charge in [0, 0.05) is 6.54 Å². The molecule has 0 amide bonds. The second-order valence-corrected chi connectivity index (χ2v) is 5.96. The highest BCUT2D eigenvalue weighted by Crippen LogP contribution is 2.30. The third-order valence-electron chi connectivity index (χ3n) is 3.33. The number of hydrogen-bond acceptors (Lipinski definition) is 6. The summed E-state index contributed by atoms with van der Waals surface area (Å²) in [6, 6.07) is 5.67. The average Bonchev–Trinajstić information content (AvgIpc) is 2.62. The zero-order valence-corrected chi connectivity index (χ0v) is 16.1. The number of nitrogens with zero attached hydrogens (tertiary/aromatic N) is 1. The summed E-state index contributed by atoms with van der Waals surface area (Å²) >= 11 is 3.29. The van der Waals surface area contributed by atoms with Crippen LogP contribution in [0, 0.1) is 0 Å². The summed E-state index contributed by atoms with van der Waals surface area (Å²) in [7, 11) is 1.60. The summed E-state index contributed by atoms with van der Waals surface area (Å²) < 4.78 is 16.8. The van der Waals surface area contributed by atoms with E-state index in [1.165, 1.54) is 0 Å². The van der Waals surface area contributed by atoms with Gasteiger partial charge in [-0.25, -0.2) is 5.10 Å². The first-order valence-electron chi connectivity index (χ1n) is 8.05. The lowest BCUT2D eigenvalue weighted by atomic mass is 10.2. The van der Waals surface area contributed by atoms with Crippen molar-refractivity contribution in [1.82, 2.24) is 10.2 Å². The Hall–Kier alpha value is -2.22. The van der Waals surface area contributed by atoms with Crippen molar-refractivity contribution < 1.29 is 14.2 Å². The van der Waals surface area contributed by atoms with Crippen LogP contribution >= 0.6 is 15.9 Å². The Morgan fingerprint density at radius 2 is 2.04 bits per heavy atom. The SMILES string of the molecule is CCCOc1n[nH]c(=O)c(Br)c1NCc1ccc(OC)c(OCC)c1. The average molecular weight is 412 g/mol. The number of ether oxygens (including phenoxy) is 3. The maximum Gasteiger partial charge on any atom is 0.280 e. The number of halogens is 1. The molecule has 8 heteroatoms. The Morgan fingerprint density at radius 1 is 1.24 bits per heavy atom. The summed E-state index contributed by atoms with van der Waals surface area (Å²) in [4.78, 5) is 11.8. The predicted octanol–water partition coefficient (Wildman–Crippen LogP) is 3.34. The molecule has 0 radical (unpaired) electrons. The fourth-order valence-electron chi connectivity index (χ4n) is 2.16. The summed E-state index contributed by atoms with van der Waals surface area (Å²) in [5.74, 6) is 1.71. The fourth-order valence-corrected chi connectivity index (χ4v) is 2.56. The quantitative estimate of drug-likeness (QED) is 0.657. The Balaban J connectivity index is 2.22. The molecular weight excluding hydrogens is 390 g/mol. The van der Waals surface area contributed by atoms with Gasteiger partial charge in [0.2, 0.25) is 0 Å². The molecule has 7 nitrogen and oxygen atoms in total. The Kier molecular flexibility index (Phi) is 7.12. The highest BCUT2D eigenvalue weighted by molar-refractivity contribution is 9.10. The molecule has 2 aromatic rings. The van der Waals surface area contributed by atoms with Crippen LogP contribution < -0.4 is 25.1 Å². The molecule has 0 aliphatic rings. The van der Waals surface area contributed by atoms with Gasteiger partial charge in [-0.1, -0.05) is 13.0 Å². The zero-order chi connectivity index (χ0) is 18.2. The van der Waals surface area contributed by atoms with Gasteiger partial charge in [-0.2, -0.15) is 0 Å². The van der Waals surface area contributed by atoms with E-state index in [9.17, 15) is 4.79 Å². The largest absolute Gasteiger partial charge is 0.493 e. The Labute approximate surface area is 154 Å². The Morgan fingerprint density at radius 3 is 2.72 bits per heavy atom. The number of H-pyrrole nitrogens is 1. The van der Waals surface area contributed by atoms with Gasteiger partial charge < -0.3 is 19.5 Å². The van der Waals surface area contributed by atoms with Crippen LogP contribution in [-0.4, -0.2) is 30.5 Å². The van der Waals surface area contributed by atoms with Crippen LogP contribution in [0.4, 0.5) is 5.69 Å². The first-order valence-corrected chi connectivity index (χ1v) is 8.84. The number of hydrogen-bond donors (Lipinski definition) is 2. The number of rotatable bonds is 9. The molecule has 2 N–H and O–H groups in total. The molecule has 1 aromatic carbocycles. The van der Waals surface area contributed by atoms with Gasteiger partial charge in [-0.3, -0.25) is 4.79 Å². The molecule has 0 bridgehead atoms. The van der Waals surface area contributed by atoms with Crippen molar-refractivity contribution in [2.45, 2.75) is 26.8 Å². The highest BCUT2D eigenvalue weighted by atomic mass is 79.9. The van der Waals surface area contributed by atoms with Crippen molar-refractivity contribution in [1.29, 1.82) is 0 Å². The van der Waals surface area contributed by atoms with Crippen molar-refractivity contribution in [3.05, 3.63) is 38.6 Å². The minimum Gasteiger partial charge on any atom is -0.493 e. The maximum atomic E-state index is 11.8. The van der Waals surface area contributed by atoms with Crippen molar-refractivity contribution in [2.24, 2.45) is 0 Å². The lowest BCUT2D eigenvalue weighted by Gasteiger charge is -2.14. The lowest BCUT2D eigenvalue weighted by Crippen LogP contribution is -2.15. The van der Waals surface area contributed by atoms with Gasteiger partial charge in [0.15, 0.2) is 11.5 Å². The van der Waals surface area contributed by atoms with Gasteiger partial charge in [-0.15, -0.1) is 5.10 Å². The van der Waals surface area contributed by atoms with Crippen LogP contribution in [0.2, 0.25) is 0 Å². The van der Waals surface area contributed by atoms with E-state index in [-0.39, 0.29) is 5.56 Å². The molecule has 2 rings (SSSR count). The maximum absolute atomic E-state index is 11.8. The zero-order valence-electron chi connectivity index (χ0n) is 14.5. The molecular formula is C17H22BrN3O4. The minimum absolute atomic E-state index is 0.323. The van der Waals surface area contributed by atoms with Crippen LogP contribution in [0.3, 0.4) is 0 Å². The molecule has 0 saturated carbocycles. The molecule has 25 heavy (non-hydrogen) atoms. The van der Waals surface area contributed by atoms with Crippen LogP contribution in [0.5, 0.6) is 17.4 Å². The second kappa shape index (κ2) is 9.31. The van der Waals surface area contributed by atoms with Gasteiger partial charge >= 0.3 is 0 Å². The summed E-state index contributed by atoms with van der Waals surface area (Å²) in [6.07, 6.45) is 0.841. The van der Waals surface area contributed by atoms with E-state index >= 15 is 0 Å². The van der Waals surface area contributed by atoms with Gasteiger partial charge in [0.1, 0.15) is 10.2 Å². The van der Waals surface area contributed by atoms with Crippen molar-refractivity contribution in [3.63, 3.8) is 0 Å². The van der Waals surface area contributed by atoms with Gasteiger partial charge in [0.05, 0.1) is 20.3 Å². The second-order valence-electron chi connectivity index (χ2n) is 5.17. The number of anilines is 1. The van der Waals surface area contributed by atoms with Crippen molar-refractivity contribution >= 4 is 21.6 Å². The molecule has 0 aliphatic heterocycles. The Bertz CT molecular complexity index is 764. The van der Waals surface area contributed by atoms with Crippen LogP contribution in [0.15, 0.2) is 27.5 Å². The smallest absolute Gasteiger partial charge is 0.280 e. The molecule has 0 saturated heterocycles. The number of aromatic amines is 1. The first-order chi connectivity index (χ1) is 12.1. The number of methoxy groups -OCH3 is 1. The number of benzene rings is 1. The summed E-state index contributed by atoms with van der Waals surface area (Å²) in [5.41, 5.74) is 1.17. The van der Waals surface area contributed by atoms with Gasteiger partial charge in [0.25, 0.3) is 11.4 Å². The van der Waals surface area contributed by atoms with E-state index in [1.807, 2.05) is 32.0 Å². The molecule has 0 spiro atoms. The first kappa shape index (κ1) is 19.1. The molecule has 0 fully saturated rings. The third kappa shape index (κ3) is 4.88. The van der Waals surface area contributed by atoms with Crippen molar-refractivity contribution in [2.75, 3.05) is 25.6 Å². The monoisotopic (exact) mass is 411 g/mol. The van der Waals surface area contributed by atoms with E-state index in [0.717, 1.165) is 12.0 Å². The molecule has 0 atom stereocenters. The predicted molar refractivity (Wildman–Crippen MR) is 99.8 cm³/mol. The molecule has 0 aliphatic carbocycles. The van der Waals surface area contributed by atoms with Crippen molar-refractivity contribution in [3.8, 4) is 17.4 Å². The molecule has 0 unspecified atom stereocenters. The third-order valence-corrected chi connectivity index (χ3v) is 4.09. The van der Waals surface area contributed by atoms with E-state index in [4.69, 9.17) is 14.2 Å². The van der Waals surface area contributed by atoms with E-state index in [1.54, 1.807) is 7.11 Å². The summed E-state index contributed by atoms with van der Waals surface area (Å²) in [6.45, 7) is 5.44. The molecule has 136 valence electrons.